The molecule has 4 rings (SSSR count). The zero-order valence-electron chi connectivity index (χ0n) is 18.5. The Balaban J connectivity index is 1.18. The van der Waals surface area contributed by atoms with E-state index >= 15 is 0 Å². The van der Waals surface area contributed by atoms with E-state index in [1.54, 1.807) is 0 Å². The van der Waals surface area contributed by atoms with Crippen LogP contribution >= 0.6 is 0 Å². The Kier molecular flexibility index (Phi) is 7.52. The number of hydrogen-bond acceptors (Lipinski definition) is 4. The number of pyridine rings is 1. The van der Waals surface area contributed by atoms with Crippen LogP contribution in [0.25, 0.3) is 5.69 Å². The first-order valence-corrected chi connectivity index (χ1v) is 11.4. The van der Waals surface area contributed by atoms with E-state index in [2.05, 4.69) is 75.1 Å². The minimum atomic E-state index is -0.266. The lowest BCUT2D eigenvalue weighted by Crippen LogP contribution is -2.48. The fourth-order valence-corrected chi connectivity index (χ4v) is 4.52. The molecule has 0 amide bonds. The molecule has 2 atom stereocenters. The highest BCUT2D eigenvalue weighted by atomic mass is 16.3. The summed E-state index contributed by atoms with van der Waals surface area (Å²) in [6.45, 7) is 8.12. The predicted molar refractivity (Wildman–Crippen MR) is 125 cm³/mol. The van der Waals surface area contributed by atoms with Crippen molar-refractivity contribution < 1.29 is 5.11 Å². The summed E-state index contributed by atoms with van der Waals surface area (Å²) in [5, 5.41) is 10.6. The summed E-state index contributed by atoms with van der Waals surface area (Å²) in [7, 11) is 0. The second-order valence-electron chi connectivity index (χ2n) is 8.90. The molecule has 0 saturated carbocycles. The highest BCUT2D eigenvalue weighted by molar-refractivity contribution is 5.33. The van der Waals surface area contributed by atoms with Gasteiger partial charge in [0.15, 0.2) is 0 Å². The zero-order chi connectivity index (χ0) is 21.5. The first-order chi connectivity index (χ1) is 15.2. The lowest BCUT2D eigenvalue weighted by atomic mass is 9.96. The van der Waals surface area contributed by atoms with Crippen molar-refractivity contribution in [1.82, 2.24) is 19.4 Å². The highest BCUT2D eigenvalue weighted by Crippen LogP contribution is 2.16. The molecule has 1 N–H and O–H groups in total. The van der Waals surface area contributed by atoms with Crippen molar-refractivity contribution in [3.05, 3.63) is 84.4 Å². The molecule has 1 saturated heterocycles. The van der Waals surface area contributed by atoms with E-state index in [9.17, 15) is 5.11 Å². The molecule has 1 aliphatic heterocycles. The SMILES string of the molecule is CC(Cc1cccnc1)CC(O)CN1CCN(Cc2ccn(-c3ccccc3)c2)CC1. The molecule has 2 unspecified atom stereocenters. The lowest BCUT2D eigenvalue weighted by molar-refractivity contribution is 0.0593. The summed E-state index contributed by atoms with van der Waals surface area (Å²) in [5.41, 5.74) is 3.80. The van der Waals surface area contributed by atoms with Crippen LogP contribution in [-0.4, -0.2) is 63.3 Å². The summed E-state index contributed by atoms with van der Waals surface area (Å²) in [6.07, 6.45) is 9.65. The van der Waals surface area contributed by atoms with Gasteiger partial charge in [-0.1, -0.05) is 31.2 Å². The van der Waals surface area contributed by atoms with Crippen LogP contribution in [0.1, 0.15) is 24.5 Å². The van der Waals surface area contributed by atoms with Crippen molar-refractivity contribution in [2.24, 2.45) is 5.92 Å². The van der Waals surface area contributed by atoms with Crippen LogP contribution in [-0.2, 0) is 13.0 Å². The Bertz CT molecular complexity index is 903. The number of aromatic nitrogens is 2. The van der Waals surface area contributed by atoms with Gasteiger partial charge in [0.25, 0.3) is 0 Å². The third-order valence-corrected chi connectivity index (χ3v) is 6.13. The molecule has 1 aromatic carbocycles. The third kappa shape index (κ3) is 6.50. The number of benzene rings is 1. The first-order valence-electron chi connectivity index (χ1n) is 11.4. The quantitative estimate of drug-likeness (QED) is 0.577. The summed E-state index contributed by atoms with van der Waals surface area (Å²) in [5.74, 6) is 0.453. The lowest BCUT2D eigenvalue weighted by Gasteiger charge is -2.35. The number of aliphatic hydroxyl groups excluding tert-OH is 1. The van der Waals surface area contributed by atoms with E-state index in [0.717, 1.165) is 52.1 Å². The standard InChI is InChI=1S/C26H34N4O/c1-22(16-23-6-5-10-27-18-23)17-26(31)21-29-14-12-28(13-15-29)19-24-9-11-30(20-24)25-7-3-2-4-8-25/h2-11,18,20,22,26,31H,12-17,19,21H2,1H3. The number of nitrogens with zero attached hydrogens (tertiary/aromatic N) is 4. The van der Waals surface area contributed by atoms with Gasteiger partial charge >= 0.3 is 0 Å². The van der Waals surface area contributed by atoms with Gasteiger partial charge in [-0.2, -0.15) is 0 Å². The molecule has 0 aliphatic carbocycles. The maximum Gasteiger partial charge on any atom is 0.0669 e. The van der Waals surface area contributed by atoms with Crippen LogP contribution in [0, 0.1) is 5.92 Å². The Labute approximate surface area is 186 Å². The summed E-state index contributed by atoms with van der Waals surface area (Å²) >= 11 is 0. The van der Waals surface area contributed by atoms with Gasteiger partial charge in [0.1, 0.15) is 0 Å². The molecule has 5 nitrogen and oxygen atoms in total. The minimum Gasteiger partial charge on any atom is -0.392 e. The van der Waals surface area contributed by atoms with Crippen LogP contribution in [0.4, 0.5) is 0 Å². The van der Waals surface area contributed by atoms with E-state index < -0.39 is 0 Å². The van der Waals surface area contributed by atoms with Crippen LogP contribution in [0.3, 0.4) is 0 Å². The number of hydrogen-bond donors (Lipinski definition) is 1. The Morgan fingerprint density at radius 3 is 2.45 bits per heavy atom. The van der Waals surface area contributed by atoms with Gasteiger partial charge in [-0.25, -0.2) is 0 Å². The van der Waals surface area contributed by atoms with E-state index in [1.807, 2.05) is 24.5 Å². The van der Waals surface area contributed by atoms with Gasteiger partial charge in [-0.15, -0.1) is 0 Å². The van der Waals surface area contributed by atoms with Crippen molar-refractivity contribution in [3.8, 4) is 5.69 Å². The molecule has 2 aromatic heterocycles. The number of para-hydroxylation sites is 1. The van der Waals surface area contributed by atoms with Crippen molar-refractivity contribution >= 4 is 0 Å². The van der Waals surface area contributed by atoms with Crippen LogP contribution in [0.2, 0.25) is 0 Å². The minimum absolute atomic E-state index is 0.266. The Hall–Kier alpha value is -2.47. The molecule has 0 radical (unpaired) electrons. The number of aliphatic hydroxyl groups is 1. The van der Waals surface area contributed by atoms with Crippen LogP contribution in [0.5, 0.6) is 0 Å². The second-order valence-corrected chi connectivity index (χ2v) is 8.90. The predicted octanol–water partition coefficient (Wildman–Crippen LogP) is 3.62. The van der Waals surface area contributed by atoms with Crippen molar-refractivity contribution in [3.63, 3.8) is 0 Å². The van der Waals surface area contributed by atoms with Crippen molar-refractivity contribution in [2.75, 3.05) is 32.7 Å². The first kappa shape index (κ1) is 21.8. The molecule has 3 aromatic rings. The maximum absolute atomic E-state index is 10.6. The third-order valence-electron chi connectivity index (χ3n) is 6.13. The molecule has 164 valence electrons. The molecular formula is C26H34N4O. The number of piperazine rings is 1. The molecule has 0 bridgehead atoms. The molecule has 1 fully saturated rings. The number of β-amino-alcohol motifs (C(OH)–C–C–N with tert-alkyl or cyclic N) is 1. The molecule has 31 heavy (non-hydrogen) atoms. The molecule has 1 aliphatic rings. The topological polar surface area (TPSA) is 44.5 Å². The highest BCUT2D eigenvalue weighted by Gasteiger charge is 2.20. The summed E-state index contributed by atoms with van der Waals surface area (Å²) in [6, 6.07) is 16.8. The van der Waals surface area contributed by atoms with Crippen LogP contribution in [0.15, 0.2) is 73.3 Å². The summed E-state index contributed by atoms with van der Waals surface area (Å²) < 4.78 is 2.19. The fraction of sp³-hybridized carbons (Fsp3) is 0.423. The molecular weight excluding hydrogens is 384 g/mol. The number of rotatable bonds is 9. The molecule has 0 spiro atoms. The monoisotopic (exact) mass is 418 g/mol. The molecule has 5 heteroatoms. The van der Waals surface area contributed by atoms with Gasteiger partial charge in [-0.05, 0) is 54.2 Å². The zero-order valence-corrected chi connectivity index (χ0v) is 18.5. The summed E-state index contributed by atoms with van der Waals surface area (Å²) in [4.78, 5) is 9.11. The van der Waals surface area contributed by atoms with Gasteiger partial charge < -0.3 is 9.67 Å². The van der Waals surface area contributed by atoms with Gasteiger partial charge in [0.05, 0.1) is 6.10 Å². The van der Waals surface area contributed by atoms with Crippen LogP contribution < -0.4 is 0 Å². The van der Waals surface area contributed by atoms with Gasteiger partial charge in [0.2, 0.25) is 0 Å². The van der Waals surface area contributed by atoms with Crippen molar-refractivity contribution in [2.45, 2.75) is 32.4 Å². The normalized spacial score (nSPS) is 17.5. The van der Waals surface area contributed by atoms with E-state index in [0.29, 0.717) is 5.92 Å². The largest absolute Gasteiger partial charge is 0.392 e. The second kappa shape index (κ2) is 10.7. The van der Waals surface area contributed by atoms with E-state index in [4.69, 9.17) is 0 Å². The maximum atomic E-state index is 10.6. The van der Waals surface area contributed by atoms with Gasteiger partial charge in [0, 0.05) is 69.7 Å². The fourth-order valence-electron chi connectivity index (χ4n) is 4.52. The smallest absolute Gasteiger partial charge is 0.0669 e. The van der Waals surface area contributed by atoms with Gasteiger partial charge in [-0.3, -0.25) is 14.8 Å². The Morgan fingerprint density at radius 2 is 1.71 bits per heavy atom. The average molecular weight is 419 g/mol. The van der Waals surface area contributed by atoms with Crippen molar-refractivity contribution in [1.29, 1.82) is 0 Å². The Morgan fingerprint density at radius 1 is 0.935 bits per heavy atom. The van der Waals surface area contributed by atoms with E-state index in [-0.39, 0.29) is 6.10 Å². The molecule has 3 heterocycles. The van der Waals surface area contributed by atoms with E-state index in [1.165, 1.54) is 16.8 Å². The average Bonchev–Trinajstić information content (AvgIpc) is 3.25.